The van der Waals surface area contributed by atoms with Crippen molar-refractivity contribution in [2.24, 2.45) is 0 Å². The maximum atomic E-state index is 4.50. The maximum Gasteiger partial charge on any atom is 0.0701 e. The molecule has 1 aromatic heterocycles. The standard InChI is InChI=1S/C45H27N/c1-2-25-46-41(12-1)31-19-17-29(18-20-31)28-13-15-30(16-14-28)36-26-35-24-23-34-7-4-10-38-37-9-3-6-32-21-22-33-8-5-11-39(44(33)42(32)37)40(27-36)45(35)43(34)38/h1-27H. The van der Waals surface area contributed by atoms with Gasteiger partial charge in [0.25, 0.3) is 0 Å². The van der Waals surface area contributed by atoms with E-state index in [1.807, 2.05) is 24.4 Å². The van der Waals surface area contributed by atoms with Gasteiger partial charge in [-0.2, -0.15) is 0 Å². The zero-order chi connectivity index (χ0) is 30.2. The largest absolute Gasteiger partial charge is 0.256 e. The Kier molecular flexibility index (Phi) is 5.35. The minimum atomic E-state index is 0.992. The number of hydrogen-bond acceptors (Lipinski definition) is 1. The topological polar surface area (TPSA) is 12.9 Å². The summed E-state index contributed by atoms with van der Waals surface area (Å²) >= 11 is 0. The first-order valence-electron chi connectivity index (χ1n) is 15.9. The molecule has 0 radical (unpaired) electrons. The lowest BCUT2D eigenvalue weighted by Crippen LogP contribution is -1.89. The molecule has 0 fully saturated rings. The molecule has 0 unspecified atom stereocenters. The fourth-order valence-electron chi connectivity index (χ4n) is 7.67. The minimum absolute atomic E-state index is 0.992. The van der Waals surface area contributed by atoms with E-state index in [0.717, 1.165) is 11.3 Å². The van der Waals surface area contributed by atoms with E-state index in [1.54, 1.807) is 0 Å². The summed E-state index contributed by atoms with van der Waals surface area (Å²) in [5.41, 5.74) is 6.97. The van der Waals surface area contributed by atoms with Crippen molar-refractivity contribution < 1.29 is 0 Å². The molecule has 0 amide bonds. The van der Waals surface area contributed by atoms with Crippen LogP contribution in [-0.4, -0.2) is 4.98 Å². The summed E-state index contributed by atoms with van der Waals surface area (Å²) < 4.78 is 0. The van der Waals surface area contributed by atoms with Gasteiger partial charge >= 0.3 is 0 Å². The van der Waals surface area contributed by atoms with E-state index < -0.39 is 0 Å². The van der Waals surface area contributed by atoms with Crippen molar-refractivity contribution in [1.82, 2.24) is 4.98 Å². The lowest BCUT2D eigenvalue weighted by atomic mass is 9.86. The monoisotopic (exact) mass is 581 g/mol. The third-order valence-electron chi connectivity index (χ3n) is 9.82. The number of aromatic nitrogens is 1. The second-order valence-electron chi connectivity index (χ2n) is 12.3. The normalized spacial score (nSPS) is 11.9. The number of rotatable bonds is 3. The van der Waals surface area contributed by atoms with Gasteiger partial charge in [-0.15, -0.1) is 0 Å². The molecule has 1 nitrogen and oxygen atoms in total. The van der Waals surface area contributed by atoms with Gasteiger partial charge in [0.05, 0.1) is 5.69 Å². The summed E-state index contributed by atoms with van der Waals surface area (Å²) in [5.74, 6) is 0. The van der Waals surface area contributed by atoms with E-state index in [1.165, 1.54) is 86.9 Å². The first-order valence-corrected chi connectivity index (χ1v) is 15.9. The van der Waals surface area contributed by atoms with E-state index in [9.17, 15) is 0 Å². The van der Waals surface area contributed by atoms with Crippen molar-refractivity contribution in [2.45, 2.75) is 0 Å². The molecule has 9 aromatic carbocycles. The van der Waals surface area contributed by atoms with Crippen LogP contribution in [0.4, 0.5) is 0 Å². The highest BCUT2D eigenvalue weighted by molar-refractivity contribution is 6.37. The predicted molar refractivity (Wildman–Crippen MR) is 197 cm³/mol. The van der Waals surface area contributed by atoms with Crippen LogP contribution in [-0.2, 0) is 0 Å². The van der Waals surface area contributed by atoms with Crippen LogP contribution in [0.25, 0.3) is 98.1 Å². The highest BCUT2D eigenvalue weighted by atomic mass is 14.7. The van der Waals surface area contributed by atoms with Crippen molar-refractivity contribution in [3.8, 4) is 33.5 Å². The molecule has 46 heavy (non-hydrogen) atoms. The fourth-order valence-corrected chi connectivity index (χ4v) is 7.67. The molecule has 0 aliphatic carbocycles. The van der Waals surface area contributed by atoms with Crippen LogP contribution in [0, 0.1) is 0 Å². The van der Waals surface area contributed by atoms with Crippen molar-refractivity contribution in [1.29, 1.82) is 0 Å². The highest BCUT2D eigenvalue weighted by Gasteiger charge is 2.16. The molecular weight excluding hydrogens is 555 g/mol. The van der Waals surface area contributed by atoms with Crippen LogP contribution in [0.3, 0.4) is 0 Å². The maximum absolute atomic E-state index is 4.50. The molecule has 212 valence electrons. The zero-order valence-electron chi connectivity index (χ0n) is 25.0. The Bertz CT molecular complexity index is 2750. The zero-order valence-corrected chi connectivity index (χ0v) is 25.0. The number of fused-ring (bicyclic) bond motifs is 2. The van der Waals surface area contributed by atoms with Gasteiger partial charge < -0.3 is 0 Å². The second kappa shape index (κ2) is 9.72. The first kappa shape index (κ1) is 25.3. The van der Waals surface area contributed by atoms with Crippen LogP contribution < -0.4 is 0 Å². The van der Waals surface area contributed by atoms with E-state index in [4.69, 9.17) is 0 Å². The first-order chi connectivity index (χ1) is 22.8. The Balaban J connectivity index is 1.21. The molecule has 0 spiro atoms. The molecule has 0 saturated heterocycles. The van der Waals surface area contributed by atoms with Gasteiger partial charge in [0.1, 0.15) is 0 Å². The average molecular weight is 582 g/mol. The second-order valence-corrected chi connectivity index (χ2v) is 12.3. The van der Waals surface area contributed by atoms with Crippen molar-refractivity contribution in [3.05, 3.63) is 164 Å². The predicted octanol–water partition coefficient (Wildman–Crippen LogP) is 12.4. The van der Waals surface area contributed by atoms with Crippen LogP contribution in [0.15, 0.2) is 164 Å². The molecular formula is C45H27N. The number of pyridine rings is 1. The lowest BCUT2D eigenvalue weighted by molar-refractivity contribution is 1.33. The summed E-state index contributed by atoms with van der Waals surface area (Å²) in [7, 11) is 0. The van der Waals surface area contributed by atoms with Crippen LogP contribution >= 0.6 is 0 Å². The average Bonchev–Trinajstić information content (AvgIpc) is 3.13. The van der Waals surface area contributed by atoms with Gasteiger partial charge in [0.2, 0.25) is 0 Å². The molecule has 10 rings (SSSR count). The Morgan fingerprint density at radius 3 is 1.26 bits per heavy atom. The third-order valence-corrected chi connectivity index (χ3v) is 9.82. The van der Waals surface area contributed by atoms with Crippen LogP contribution in [0.2, 0.25) is 0 Å². The summed E-state index contributed by atoms with van der Waals surface area (Å²) in [4.78, 5) is 4.50. The summed E-state index contributed by atoms with van der Waals surface area (Å²) in [5, 5.41) is 15.7. The highest BCUT2D eigenvalue weighted by Crippen LogP contribution is 2.44. The molecule has 0 aliphatic heterocycles. The smallest absolute Gasteiger partial charge is 0.0701 e. The third kappa shape index (κ3) is 3.72. The van der Waals surface area contributed by atoms with Crippen molar-refractivity contribution in [3.63, 3.8) is 0 Å². The quantitative estimate of drug-likeness (QED) is 0.189. The molecule has 0 atom stereocenters. The molecule has 1 heterocycles. The Morgan fingerprint density at radius 2 is 0.739 bits per heavy atom. The summed E-state index contributed by atoms with van der Waals surface area (Å²) in [6.45, 7) is 0. The van der Waals surface area contributed by atoms with Crippen molar-refractivity contribution in [2.75, 3.05) is 0 Å². The molecule has 10 aromatic rings. The molecule has 0 aliphatic rings. The summed E-state index contributed by atoms with van der Waals surface area (Å²) in [6, 6.07) is 58.0. The minimum Gasteiger partial charge on any atom is -0.256 e. The number of benzene rings is 8. The Labute approximate surface area is 266 Å². The lowest BCUT2D eigenvalue weighted by Gasteiger charge is -2.17. The van der Waals surface area contributed by atoms with Gasteiger partial charge in [-0.1, -0.05) is 133 Å². The van der Waals surface area contributed by atoms with E-state index in [-0.39, 0.29) is 0 Å². The van der Waals surface area contributed by atoms with Gasteiger partial charge in [0.15, 0.2) is 0 Å². The van der Waals surface area contributed by atoms with E-state index in [2.05, 4.69) is 145 Å². The van der Waals surface area contributed by atoms with Gasteiger partial charge in [-0.05, 0) is 111 Å². The van der Waals surface area contributed by atoms with Gasteiger partial charge in [-0.3, -0.25) is 4.98 Å². The van der Waals surface area contributed by atoms with Crippen LogP contribution in [0.1, 0.15) is 0 Å². The summed E-state index contributed by atoms with van der Waals surface area (Å²) in [6.07, 6.45) is 1.84. The Morgan fingerprint density at radius 1 is 0.283 bits per heavy atom. The van der Waals surface area contributed by atoms with Gasteiger partial charge in [0, 0.05) is 11.8 Å². The molecule has 0 bridgehead atoms. The van der Waals surface area contributed by atoms with E-state index in [0.29, 0.717) is 0 Å². The van der Waals surface area contributed by atoms with Gasteiger partial charge in [-0.25, -0.2) is 0 Å². The van der Waals surface area contributed by atoms with E-state index >= 15 is 0 Å². The SMILES string of the molecule is c1ccc(-c2ccc(-c3ccc(-c4cc5ccc6cccc7c8cccc9ccc%10cccc(c(c4)c5c67)c%10c98)cc3)cc2)nc1. The fraction of sp³-hybridized carbons (Fsp3) is 0. The van der Waals surface area contributed by atoms with Crippen LogP contribution in [0.5, 0.6) is 0 Å². The Hall–Kier alpha value is -6.05. The molecule has 1 heteroatoms. The number of hydrogen-bond donors (Lipinski definition) is 0. The number of nitrogens with zero attached hydrogens (tertiary/aromatic N) is 1. The molecule has 0 N–H and O–H groups in total. The molecule has 0 saturated carbocycles. The van der Waals surface area contributed by atoms with Crippen molar-refractivity contribution >= 4 is 64.6 Å².